The Bertz CT molecular complexity index is 1120. The lowest BCUT2D eigenvalue weighted by Crippen LogP contribution is -2.14. The molecule has 0 atom stereocenters. The van der Waals surface area contributed by atoms with Crippen molar-refractivity contribution in [3.05, 3.63) is 47.2 Å². The Labute approximate surface area is 167 Å². The summed E-state index contributed by atoms with van der Waals surface area (Å²) in [6.45, 7) is 3.99. The minimum Gasteiger partial charge on any atom is -0.324 e. The van der Waals surface area contributed by atoms with Gasteiger partial charge in [-0.1, -0.05) is 6.42 Å². The van der Waals surface area contributed by atoms with Crippen molar-refractivity contribution in [1.29, 1.82) is 0 Å². The largest absolute Gasteiger partial charge is 0.324 e. The first-order valence-corrected chi connectivity index (χ1v) is 9.67. The Morgan fingerprint density at radius 2 is 1.93 bits per heavy atom. The number of aromatic nitrogens is 3. The molecule has 0 saturated heterocycles. The highest BCUT2D eigenvalue weighted by atomic mass is 19.1. The molecule has 0 radical (unpaired) electrons. The predicted octanol–water partition coefficient (Wildman–Crippen LogP) is 3.82. The molecule has 0 spiro atoms. The second-order valence-corrected chi connectivity index (χ2v) is 7.30. The van der Waals surface area contributed by atoms with Crippen LogP contribution in [0.15, 0.2) is 24.3 Å². The Balaban J connectivity index is 1.70. The van der Waals surface area contributed by atoms with Crippen molar-refractivity contribution in [2.45, 2.75) is 46.1 Å². The van der Waals surface area contributed by atoms with Crippen LogP contribution < -0.4 is 10.6 Å². The number of aryl methyl sites for hydroxylation is 3. The van der Waals surface area contributed by atoms with E-state index in [1.165, 1.54) is 25.1 Å². The van der Waals surface area contributed by atoms with Crippen molar-refractivity contribution in [1.82, 2.24) is 14.5 Å². The Morgan fingerprint density at radius 1 is 1.10 bits per heavy atom. The monoisotopic (exact) mass is 395 g/mol. The lowest BCUT2D eigenvalue weighted by atomic mass is 10.1. The number of fused-ring (bicyclic) bond motifs is 3. The maximum atomic E-state index is 13.9. The van der Waals surface area contributed by atoms with Gasteiger partial charge >= 0.3 is 0 Å². The average molecular weight is 395 g/mol. The third-order valence-corrected chi connectivity index (χ3v) is 4.97. The van der Waals surface area contributed by atoms with Crippen LogP contribution >= 0.6 is 0 Å². The van der Waals surface area contributed by atoms with Crippen LogP contribution in [-0.4, -0.2) is 26.3 Å². The summed E-state index contributed by atoms with van der Waals surface area (Å²) in [6.07, 6.45) is 4.17. The zero-order chi connectivity index (χ0) is 20.5. The SMILES string of the molecule is CC(=O)Nc1cc(NC(=O)c2cc(C)nc3c2nc2n3CCCCC2)ccc1F. The number of nitrogens with one attached hydrogen (secondary N) is 2. The Kier molecular flexibility index (Phi) is 5.00. The number of halogens is 1. The van der Waals surface area contributed by atoms with Crippen molar-refractivity contribution in [3.63, 3.8) is 0 Å². The molecule has 1 aliphatic heterocycles. The maximum absolute atomic E-state index is 13.9. The van der Waals surface area contributed by atoms with Gasteiger partial charge in [0.15, 0.2) is 5.65 Å². The standard InChI is InChI=1S/C21H22FN5O2/c1-12-10-15(19-20(23-12)27-9-5-3-4-6-18(27)26-19)21(29)25-14-7-8-16(22)17(11-14)24-13(2)28/h7-8,10-11H,3-6,9H2,1-2H3,(H,24,28)(H,25,29). The molecular weight excluding hydrogens is 373 g/mol. The minimum absolute atomic E-state index is 0.0139. The molecule has 29 heavy (non-hydrogen) atoms. The lowest BCUT2D eigenvalue weighted by molar-refractivity contribution is -0.114. The van der Waals surface area contributed by atoms with Crippen LogP contribution in [0.3, 0.4) is 0 Å². The number of rotatable bonds is 3. The third-order valence-electron chi connectivity index (χ3n) is 4.97. The molecule has 0 bridgehead atoms. The summed E-state index contributed by atoms with van der Waals surface area (Å²) in [5, 5.41) is 5.19. The second kappa shape index (κ2) is 7.62. The molecule has 4 rings (SSSR count). The number of benzene rings is 1. The van der Waals surface area contributed by atoms with Gasteiger partial charge in [-0.15, -0.1) is 0 Å². The summed E-state index contributed by atoms with van der Waals surface area (Å²) in [5.74, 6) is -0.356. The smallest absolute Gasteiger partial charge is 0.258 e. The zero-order valence-electron chi connectivity index (χ0n) is 16.4. The van der Waals surface area contributed by atoms with Gasteiger partial charge < -0.3 is 15.2 Å². The van der Waals surface area contributed by atoms with E-state index in [1.807, 2.05) is 6.92 Å². The van der Waals surface area contributed by atoms with Gasteiger partial charge in [0, 0.05) is 31.3 Å². The lowest BCUT2D eigenvalue weighted by Gasteiger charge is -2.10. The van der Waals surface area contributed by atoms with Crippen LogP contribution in [0.2, 0.25) is 0 Å². The highest BCUT2D eigenvalue weighted by Crippen LogP contribution is 2.25. The van der Waals surface area contributed by atoms with Gasteiger partial charge in [-0.25, -0.2) is 14.4 Å². The van der Waals surface area contributed by atoms with E-state index in [1.54, 1.807) is 6.07 Å². The minimum atomic E-state index is -0.571. The molecule has 150 valence electrons. The number of pyridine rings is 1. The number of imidazole rings is 1. The summed E-state index contributed by atoms with van der Waals surface area (Å²) in [4.78, 5) is 33.6. The van der Waals surface area contributed by atoms with Crippen molar-refractivity contribution in [2.75, 3.05) is 10.6 Å². The molecule has 1 aliphatic rings. The number of hydrogen-bond acceptors (Lipinski definition) is 4. The summed E-state index contributed by atoms with van der Waals surface area (Å²) < 4.78 is 16.0. The number of nitrogens with zero attached hydrogens (tertiary/aromatic N) is 3. The molecule has 2 aromatic heterocycles. The molecule has 3 heterocycles. The van der Waals surface area contributed by atoms with Gasteiger partial charge in [-0.3, -0.25) is 9.59 Å². The summed E-state index contributed by atoms with van der Waals surface area (Å²) in [7, 11) is 0. The number of anilines is 2. The molecule has 8 heteroatoms. The number of carbonyl (C=O) groups is 2. The van der Waals surface area contributed by atoms with Crippen molar-refractivity contribution >= 4 is 34.4 Å². The molecule has 0 fully saturated rings. The Morgan fingerprint density at radius 3 is 2.72 bits per heavy atom. The first-order valence-electron chi connectivity index (χ1n) is 9.67. The first-order chi connectivity index (χ1) is 13.9. The van der Waals surface area contributed by atoms with E-state index >= 15 is 0 Å². The van der Waals surface area contributed by atoms with Gasteiger partial charge in [-0.05, 0) is 44.0 Å². The van der Waals surface area contributed by atoms with Crippen LogP contribution in [0, 0.1) is 12.7 Å². The molecular formula is C21H22FN5O2. The zero-order valence-corrected chi connectivity index (χ0v) is 16.4. The maximum Gasteiger partial charge on any atom is 0.258 e. The van der Waals surface area contributed by atoms with E-state index in [-0.39, 0.29) is 11.6 Å². The van der Waals surface area contributed by atoms with Gasteiger partial charge in [0.05, 0.1) is 11.3 Å². The van der Waals surface area contributed by atoms with Gasteiger partial charge in [-0.2, -0.15) is 0 Å². The fraction of sp³-hybridized carbons (Fsp3) is 0.333. The van der Waals surface area contributed by atoms with Crippen molar-refractivity contribution < 1.29 is 14.0 Å². The third kappa shape index (κ3) is 3.83. The molecule has 2 amide bonds. The van der Waals surface area contributed by atoms with E-state index in [2.05, 4.69) is 20.2 Å². The number of amides is 2. The van der Waals surface area contributed by atoms with E-state index in [9.17, 15) is 14.0 Å². The predicted molar refractivity (Wildman–Crippen MR) is 108 cm³/mol. The van der Waals surface area contributed by atoms with E-state index in [0.717, 1.165) is 49.4 Å². The quantitative estimate of drug-likeness (QED) is 0.706. The topological polar surface area (TPSA) is 88.9 Å². The van der Waals surface area contributed by atoms with E-state index < -0.39 is 11.7 Å². The van der Waals surface area contributed by atoms with E-state index in [0.29, 0.717) is 16.8 Å². The van der Waals surface area contributed by atoms with Crippen LogP contribution in [0.1, 0.15) is 48.1 Å². The normalized spacial score (nSPS) is 13.6. The molecule has 1 aromatic carbocycles. The molecule has 7 nitrogen and oxygen atoms in total. The van der Waals surface area contributed by atoms with Gasteiger partial charge in [0.25, 0.3) is 5.91 Å². The molecule has 3 aromatic rings. The van der Waals surface area contributed by atoms with Crippen LogP contribution in [0.5, 0.6) is 0 Å². The highest BCUT2D eigenvalue weighted by molar-refractivity contribution is 6.11. The molecule has 0 unspecified atom stereocenters. The Hall–Kier alpha value is -3.29. The number of hydrogen-bond donors (Lipinski definition) is 2. The molecule has 0 aliphatic carbocycles. The fourth-order valence-corrected chi connectivity index (χ4v) is 3.68. The number of carbonyl (C=O) groups excluding carboxylic acids is 2. The van der Waals surface area contributed by atoms with Gasteiger partial charge in [0.1, 0.15) is 17.2 Å². The highest BCUT2D eigenvalue weighted by Gasteiger charge is 2.21. The molecule has 0 saturated carbocycles. The second-order valence-electron chi connectivity index (χ2n) is 7.30. The van der Waals surface area contributed by atoms with Crippen molar-refractivity contribution in [2.24, 2.45) is 0 Å². The van der Waals surface area contributed by atoms with E-state index in [4.69, 9.17) is 4.98 Å². The van der Waals surface area contributed by atoms with Crippen LogP contribution in [-0.2, 0) is 17.8 Å². The van der Waals surface area contributed by atoms with Crippen molar-refractivity contribution in [3.8, 4) is 0 Å². The summed E-state index contributed by atoms with van der Waals surface area (Å²) in [5.41, 5.74) is 2.86. The average Bonchev–Trinajstić information content (AvgIpc) is 2.84. The van der Waals surface area contributed by atoms with Crippen LogP contribution in [0.4, 0.5) is 15.8 Å². The fourth-order valence-electron chi connectivity index (χ4n) is 3.68. The summed E-state index contributed by atoms with van der Waals surface area (Å²) in [6, 6.07) is 5.75. The first kappa shape index (κ1) is 19.0. The van der Waals surface area contributed by atoms with Crippen LogP contribution in [0.25, 0.3) is 11.2 Å². The summed E-state index contributed by atoms with van der Waals surface area (Å²) >= 11 is 0. The molecule has 2 N–H and O–H groups in total. The van der Waals surface area contributed by atoms with Gasteiger partial charge in [0.2, 0.25) is 5.91 Å².